The molecule has 4 atom stereocenters. The molecule has 2 aliphatic heterocycles. The van der Waals surface area contributed by atoms with Crippen LogP contribution in [0, 0.1) is 0 Å². The summed E-state index contributed by atoms with van der Waals surface area (Å²) in [6, 6.07) is 0. The fourth-order valence-corrected chi connectivity index (χ4v) is 3.17. The van der Waals surface area contributed by atoms with E-state index >= 15 is 0 Å². The summed E-state index contributed by atoms with van der Waals surface area (Å²) in [5.41, 5.74) is 0. The highest BCUT2D eigenvalue weighted by Crippen LogP contribution is 2.26. The number of unbranched alkanes of at least 4 members (excludes halogenated alkanes) is 8. The van der Waals surface area contributed by atoms with Gasteiger partial charge in [0.15, 0.2) is 6.29 Å². The van der Waals surface area contributed by atoms with E-state index in [1.54, 1.807) is 0 Å². The van der Waals surface area contributed by atoms with Crippen LogP contribution in [0.2, 0.25) is 0 Å². The molecule has 0 radical (unpaired) electrons. The van der Waals surface area contributed by atoms with Gasteiger partial charge in [-0.15, -0.1) is 0 Å². The van der Waals surface area contributed by atoms with Crippen molar-refractivity contribution in [3.8, 4) is 0 Å². The van der Waals surface area contributed by atoms with E-state index in [2.05, 4.69) is 6.92 Å². The van der Waals surface area contributed by atoms with Crippen LogP contribution >= 0.6 is 0 Å². The molecule has 4 heteroatoms. The van der Waals surface area contributed by atoms with Crippen LogP contribution in [0.25, 0.3) is 0 Å². The number of rotatable bonds is 10. The number of aliphatic hydroxyl groups is 1. The standard InChI is InChI=1S/C17H32O4/c1-2-3-4-5-6-7-8-9-10-11-16-20-13-15-17(21-16)14(18)12-19-15/h14-18H,2-13H2,1H3. The summed E-state index contributed by atoms with van der Waals surface area (Å²) in [7, 11) is 0. The first-order valence-electron chi connectivity index (χ1n) is 8.88. The lowest BCUT2D eigenvalue weighted by Crippen LogP contribution is -2.45. The lowest BCUT2D eigenvalue weighted by atomic mass is 10.1. The second-order valence-corrected chi connectivity index (χ2v) is 6.42. The molecule has 4 nitrogen and oxygen atoms in total. The first-order valence-corrected chi connectivity index (χ1v) is 8.88. The van der Waals surface area contributed by atoms with Crippen LogP contribution in [0.5, 0.6) is 0 Å². The molecule has 2 rings (SSSR count). The monoisotopic (exact) mass is 300 g/mol. The number of aliphatic hydroxyl groups excluding tert-OH is 1. The highest BCUT2D eigenvalue weighted by molar-refractivity contribution is 4.87. The van der Waals surface area contributed by atoms with Gasteiger partial charge in [0.05, 0.1) is 13.2 Å². The highest BCUT2D eigenvalue weighted by Gasteiger charge is 2.42. The van der Waals surface area contributed by atoms with Crippen LogP contribution in [0.1, 0.15) is 71.1 Å². The smallest absolute Gasteiger partial charge is 0.158 e. The molecule has 0 aromatic carbocycles. The molecular formula is C17H32O4. The van der Waals surface area contributed by atoms with E-state index in [0.717, 1.165) is 12.8 Å². The molecular weight excluding hydrogens is 268 g/mol. The van der Waals surface area contributed by atoms with Crippen molar-refractivity contribution in [3.63, 3.8) is 0 Å². The third kappa shape index (κ3) is 5.85. The number of fused-ring (bicyclic) bond motifs is 1. The Morgan fingerprint density at radius 3 is 2.24 bits per heavy atom. The lowest BCUT2D eigenvalue weighted by molar-refractivity contribution is -0.249. The van der Waals surface area contributed by atoms with Crippen molar-refractivity contribution in [2.75, 3.05) is 13.2 Å². The van der Waals surface area contributed by atoms with Crippen LogP contribution in [0.15, 0.2) is 0 Å². The van der Waals surface area contributed by atoms with Gasteiger partial charge in [0.25, 0.3) is 0 Å². The van der Waals surface area contributed by atoms with Crippen LogP contribution in [-0.2, 0) is 14.2 Å². The quantitative estimate of drug-likeness (QED) is 0.628. The van der Waals surface area contributed by atoms with E-state index in [1.165, 1.54) is 51.4 Å². The maximum absolute atomic E-state index is 9.77. The Labute approximate surface area is 129 Å². The molecule has 4 unspecified atom stereocenters. The Morgan fingerprint density at radius 1 is 0.857 bits per heavy atom. The van der Waals surface area contributed by atoms with Crippen LogP contribution in [0.3, 0.4) is 0 Å². The third-order valence-corrected chi connectivity index (χ3v) is 4.53. The van der Waals surface area contributed by atoms with Crippen molar-refractivity contribution in [1.29, 1.82) is 0 Å². The first kappa shape index (κ1) is 17.2. The Balaban J connectivity index is 1.44. The van der Waals surface area contributed by atoms with E-state index in [4.69, 9.17) is 14.2 Å². The minimum Gasteiger partial charge on any atom is -0.388 e. The lowest BCUT2D eigenvalue weighted by Gasteiger charge is -2.32. The zero-order valence-electron chi connectivity index (χ0n) is 13.5. The molecule has 2 fully saturated rings. The predicted molar refractivity (Wildman–Crippen MR) is 82.2 cm³/mol. The summed E-state index contributed by atoms with van der Waals surface area (Å²) in [5, 5.41) is 9.77. The zero-order valence-corrected chi connectivity index (χ0v) is 13.5. The molecule has 0 saturated carbocycles. The fourth-order valence-electron chi connectivity index (χ4n) is 3.17. The van der Waals surface area contributed by atoms with E-state index in [0.29, 0.717) is 13.2 Å². The normalized spacial score (nSPS) is 32.3. The maximum atomic E-state index is 9.77. The van der Waals surface area contributed by atoms with Crippen molar-refractivity contribution in [1.82, 2.24) is 0 Å². The fraction of sp³-hybridized carbons (Fsp3) is 1.00. The molecule has 0 aliphatic carbocycles. The van der Waals surface area contributed by atoms with E-state index in [-0.39, 0.29) is 18.5 Å². The number of hydrogen-bond acceptors (Lipinski definition) is 4. The summed E-state index contributed by atoms with van der Waals surface area (Å²) < 4.78 is 16.9. The van der Waals surface area contributed by atoms with Gasteiger partial charge in [-0.3, -0.25) is 0 Å². The Hall–Kier alpha value is -0.160. The molecule has 2 aliphatic rings. The van der Waals surface area contributed by atoms with Crippen molar-refractivity contribution in [3.05, 3.63) is 0 Å². The third-order valence-electron chi connectivity index (χ3n) is 4.53. The molecule has 0 amide bonds. The largest absolute Gasteiger partial charge is 0.388 e. The topological polar surface area (TPSA) is 47.9 Å². The summed E-state index contributed by atoms with van der Waals surface area (Å²) >= 11 is 0. The van der Waals surface area contributed by atoms with Gasteiger partial charge in [0.1, 0.15) is 18.3 Å². The summed E-state index contributed by atoms with van der Waals surface area (Å²) in [4.78, 5) is 0. The second kappa shape index (κ2) is 9.78. The van der Waals surface area contributed by atoms with Crippen LogP contribution in [-0.4, -0.2) is 42.9 Å². The SMILES string of the molecule is CCCCCCCCCCCC1OCC2OCC(O)C2O1. The average molecular weight is 300 g/mol. The molecule has 2 saturated heterocycles. The minimum absolute atomic E-state index is 0.0700. The Kier molecular flexibility index (Phi) is 8.01. The van der Waals surface area contributed by atoms with E-state index < -0.39 is 6.10 Å². The van der Waals surface area contributed by atoms with Gasteiger partial charge in [-0.25, -0.2) is 0 Å². The summed E-state index contributed by atoms with van der Waals surface area (Å²) in [6.45, 7) is 3.20. The van der Waals surface area contributed by atoms with Gasteiger partial charge in [0, 0.05) is 0 Å². The van der Waals surface area contributed by atoms with Crippen molar-refractivity contribution >= 4 is 0 Å². The van der Waals surface area contributed by atoms with Gasteiger partial charge >= 0.3 is 0 Å². The van der Waals surface area contributed by atoms with Gasteiger partial charge in [-0.05, 0) is 12.8 Å². The van der Waals surface area contributed by atoms with Crippen molar-refractivity contribution < 1.29 is 19.3 Å². The maximum Gasteiger partial charge on any atom is 0.158 e. The van der Waals surface area contributed by atoms with Crippen molar-refractivity contribution in [2.45, 2.75) is 95.7 Å². The molecule has 1 N–H and O–H groups in total. The zero-order chi connectivity index (χ0) is 14.9. The van der Waals surface area contributed by atoms with Gasteiger partial charge in [-0.2, -0.15) is 0 Å². The molecule has 124 valence electrons. The van der Waals surface area contributed by atoms with Crippen molar-refractivity contribution in [2.24, 2.45) is 0 Å². The van der Waals surface area contributed by atoms with Gasteiger partial charge in [0.2, 0.25) is 0 Å². The highest BCUT2D eigenvalue weighted by atomic mass is 16.7. The van der Waals surface area contributed by atoms with Gasteiger partial charge < -0.3 is 19.3 Å². The molecule has 0 aromatic heterocycles. The Bertz CT molecular complexity index is 272. The summed E-state index contributed by atoms with van der Waals surface area (Å²) in [6.07, 6.45) is 12.0. The predicted octanol–water partition coefficient (Wildman–Crippen LogP) is 3.41. The van der Waals surface area contributed by atoms with E-state index in [1.807, 2.05) is 0 Å². The van der Waals surface area contributed by atoms with Gasteiger partial charge in [-0.1, -0.05) is 58.3 Å². The van der Waals surface area contributed by atoms with Crippen LogP contribution < -0.4 is 0 Å². The number of ether oxygens (including phenoxy) is 3. The molecule has 2 heterocycles. The molecule has 0 spiro atoms. The second-order valence-electron chi connectivity index (χ2n) is 6.42. The Morgan fingerprint density at radius 2 is 1.52 bits per heavy atom. The molecule has 0 bridgehead atoms. The summed E-state index contributed by atoms with van der Waals surface area (Å²) in [5.74, 6) is 0. The average Bonchev–Trinajstić information content (AvgIpc) is 2.87. The van der Waals surface area contributed by atoms with E-state index in [9.17, 15) is 5.11 Å². The number of hydrogen-bond donors (Lipinski definition) is 1. The first-order chi connectivity index (χ1) is 10.3. The molecule has 0 aromatic rings. The van der Waals surface area contributed by atoms with Crippen LogP contribution in [0.4, 0.5) is 0 Å². The minimum atomic E-state index is -0.482. The molecule has 21 heavy (non-hydrogen) atoms.